The number of rotatable bonds is 12. The van der Waals surface area contributed by atoms with Crippen LogP contribution in [0.3, 0.4) is 0 Å². The average molecular weight is 405 g/mol. The van der Waals surface area contributed by atoms with Crippen molar-refractivity contribution in [1.29, 1.82) is 0 Å². The van der Waals surface area contributed by atoms with E-state index >= 15 is 0 Å². The monoisotopic (exact) mass is 404 g/mol. The molecule has 0 amide bonds. The Morgan fingerprint density at radius 1 is 0.963 bits per heavy atom. The highest BCUT2D eigenvalue weighted by Gasteiger charge is 2.45. The van der Waals surface area contributed by atoms with Crippen molar-refractivity contribution in [2.45, 2.75) is 109 Å². The lowest BCUT2D eigenvalue weighted by Gasteiger charge is -2.30. The highest BCUT2D eigenvalue weighted by atomic mass is 32.2. The predicted molar refractivity (Wildman–Crippen MR) is 108 cm³/mol. The lowest BCUT2D eigenvalue weighted by molar-refractivity contribution is -0.196. The molecule has 2 rings (SSSR count). The van der Waals surface area contributed by atoms with Gasteiger partial charge >= 0.3 is 0 Å². The molecule has 0 aromatic heterocycles. The van der Waals surface area contributed by atoms with Crippen LogP contribution < -0.4 is 0 Å². The summed E-state index contributed by atoms with van der Waals surface area (Å²) in [6, 6.07) is 0. The first kappa shape index (κ1) is 23.1. The van der Waals surface area contributed by atoms with Gasteiger partial charge in [-0.3, -0.25) is 4.18 Å². The Balaban J connectivity index is 1.95. The van der Waals surface area contributed by atoms with Gasteiger partial charge in [-0.05, 0) is 37.5 Å². The molecule has 2 fully saturated rings. The minimum Gasteiger partial charge on any atom is -0.353 e. The van der Waals surface area contributed by atoms with Gasteiger partial charge in [-0.15, -0.1) is 0 Å². The Morgan fingerprint density at radius 3 is 2.33 bits per heavy atom. The van der Waals surface area contributed by atoms with Crippen LogP contribution in [0.1, 0.15) is 90.9 Å². The predicted octanol–water partition coefficient (Wildman–Crippen LogP) is 5.04. The number of unbranched alkanes of at least 4 members (excludes halogenated alkanes) is 5. The molecule has 5 nitrogen and oxygen atoms in total. The smallest absolute Gasteiger partial charge is 0.264 e. The molecule has 0 aromatic carbocycles. The first-order chi connectivity index (χ1) is 12.9. The summed E-state index contributed by atoms with van der Waals surface area (Å²) in [6.45, 7) is 5.14. The van der Waals surface area contributed by atoms with Crippen molar-refractivity contribution in [2.24, 2.45) is 11.8 Å². The van der Waals surface area contributed by atoms with E-state index in [1.807, 2.05) is 0 Å². The van der Waals surface area contributed by atoms with Crippen LogP contribution in [0.25, 0.3) is 0 Å². The van der Waals surface area contributed by atoms with Gasteiger partial charge in [0.25, 0.3) is 10.1 Å². The topological polar surface area (TPSA) is 61.8 Å². The molecular weight excluding hydrogens is 364 g/mol. The number of hydrogen-bond acceptors (Lipinski definition) is 5. The molecular formula is C21H40O5S. The van der Waals surface area contributed by atoms with Gasteiger partial charge in [-0.1, -0.05) is 58.8 Å². The summed E-state index contributed by atoms with van der Waals surface area (Å²) in [7, 11) is -3.45. The van der Waals surface area contributed by atoms with Crippen molar-refractivity contribution in [2.75, 3.05) is 12.9 Å². The zero-order valence-electron chi connectivity index (χ0n) is 17.5. The minimum atomic E-state index is -3.45. The molecule has 1 aliphatic heterocycles. The van der Waals surface area contributed by atoms with Crippen LogP contribution in [0.2, 0.25) is 0 Å². The maximum absolute atomic E-state index is 11.7. The molecule has 1 unspecified atom stereocenters. The average Bonchev–Trinajstić information content (AvgIpc) is 2.93. The fourth-order valence-electron chi connectivity index (χ4n) is 4.76. The molecule has 2 aliphatic rings. The molecule has 1 heterocycles. The van der Waals surface area contributed by atoms with Gasteiger partial charge in [-0.2, -0.15) is 8.42 Å². The summed E-state index contributed by atoms with van der Waals surface area (Å²) in [5, 5.41) is 0. The largest absolute Gasteiger partial charge is 0.353 e. The summed E-state index contributed by atoms with van der Waals surface area (Å²) in [4.78, 5) is 0. The Labute approximate surface area is 166 Å². The molecule has 160 valence electrons. The van der Waals surface area contributed by atoms with E-state index in [2.05, 4.69) is 13.8 Å². The van der Waals surface area contributed by atoms with Crippen LogP contribution in [0, 0.1) is 11.8 Å². The second-order valence-electron chi connectivity index (χ2n) is 8.34. The third kappa shape index (κ3) is 8.00. The van der Waals surface area contributed by atoms with Gasteiger partial charge in [0.2, 0.25) is 0 Å². The fourth-order valence-corrected chi connectivity index (χ4v) is 5.43. The van der Waals surface area contributed by atoms with Gasteiger partial charge in [-0.25, -0.2) is 0 Å². The fraction of sp³-hybridized carbons (Fsp3) is 1.00. The quantitative estimate of drug-likeness (QED) is 0.337. The Kier molecular flexibility index (Phi) is 10.0. The Bertz CT molecular complexity index is 501. The van der Waals surface area contributed by atoms with Gasteiger partial charge in [0, 0.05) is 13.0 Å². The molecule has 1 saturated carbocycles. The van der Waals surface area contributed by atoms with Crippen molar-refractivity contribution in [3.63, 3.8) is 0 Å². The molecule has 0 aromatic rings. The lowest BCUT2D eigenvalue weighted by Crippen LogP contribution is -2.31. The standard InChI is InChI=1S/C21H40O5S/c1-4-6-7-8-9-10-13-18-17(5-2)20(26-27(3,22)23)16-19(18)25-21-14-11-12-15-24-21/h17-21H,4-16H2,1-3H3/t17-,18-,19-,20+,21?/m1/s1. The highest BCUT2D eigenvalue weighted by molar-refractivity contribution is 7.86. The number of hydrogen-bond donors (Lipinski definition) is 0. The normalized spacial score (nSPS) is 32.0. The van der Waals surface area contributed by atoms with Crippen molar-refractivity contribution in [3.05, 3.63) is 0 Å². The molecule has 27 heavy (non-hydrogen) atoms. The third-order valence-corrected chi connectivity index (χ3v) is 6.69. The summed E-state index contributed by atoms with van der Waals surface area (Å²) < 4.78 is 41.0. The van der Waals surface area contributed by atoms with Gasteiger partial charge in [0.05, 0.1) is 18.5 Å². The Morgan fingerprint density at radius 2 is 1.70 bits per heavy atom. The zero-order valence-corrected chi connectivity index (χ0v) is 18.3. The SMILES string of the molecule is CCCCCCCC[C@@H]1[C@@H](CC)[C@@H](OS(C)(=O)=O)C[C@H]1OC1CCCCO1. The van der Waals surface area contributed by atoms with Crippen LogP contribution >= 0.6 is 0 Å². The van der Waals surface area contributed by atoms with Crippen molar-refractivity contribution in [3.8, 4) is 0 Å². The van der Waals surface area contributed by atoms with Gasteiger partial charge in [0.15, 0.2) is 6.29 Å². The molecule has 1 aliphatic carbocycles. The maximum Gasteiger partial charge on any atom is 0.264 e. The van der Waals surface area contributed by atoms with E-state index in [0.717, 1.165) is 45.0 Å². The van der Waals surface area contributed by atoms with Crippen LogP contribution in [-0.4, -0.2) is 39.8 Å². The van der Waals surface area contributed by atoms with E-state index in [4.69, 9.17) is 13.7 Å². The lowest BCUT2D eigenvalue weighted by atomic mass is 9.86. The Hall–Kier alpha value is -0.170. The summed E-state index contributed by atoms with van der Waals surface area (Å²) in [5.41, 5.74) is 0. The first-order valence-electron chi connectivity index (χ1n) is 11.1. The molecule has 1 saturated heterocycles. The van der Waals surface area contributed by atoms with Crippen LogP contribution in [0.4, 0.5) is 0 Å². The van der Waals surface area contributed by atoms with Crippen molar-refractivity contribution in [1.82, 2.24) is 0 Å². The molecule has 6 heteroatoms. The maximum atomic E-state index is 11.7. The van der Waals surface area contributed by atoms with Crippen LogP contribution in [0.15, 0.2) is 0 Å². The van der Waals surface area contributed by atoms with Crippen molar-refractivity contribution >= 4 is 10.1 Å². The van der Waals surface area contributed by atoms with E-state index in [9.17, 15) is 8.42 Å². The molecule has 0 spiro atoms. The van der Waals surface area contributed by atoms with Gasteiger partial charge in [0.1, 0.15) is 0 Å². The zero-order chi connectivity index (χ0) is 19.7. The van der Waals surface area contributed by atoms with E-state index in [0.29, 0.717) is 12.3 Å². The second kappa shape index (κ2) is 11.7. The molecule has 5 atom stereocenters. The van der Waals surface area contributed by atoms with Crippen molar-refractivity contribution < 1.29 is 22.1 Å². The number of ether oxygens (including phenoxy) is 2. The van der Waals surface area contributed by atoms with Crippen LogP contribution in [-0.2, 0) is 23.8 Å². The molecule has 0 bridgehead atoms. The second-order valence-corrected chi connectivity index (χ2v) is 9.94. The minimum absolute atomic E-state index is 0.0421. The van der Waals surface area contributed by atoms with E-state index in [1.54, 1.807) is 0 Å². The summed E-state index contributed by atoms with van der Waals surface area (Å²) in [5.74, 6) is 0.599. The van der Waals surface area contributed by atoms with E-state index in [1.165, 1.54) is 38.5 Å². The van der Waals surface area contributed by atoms with E-state index in [-0.39, 0.29) is 24.4 Å². The summed E-state index contributed by atoms with van der Waals surface area (Å²) in [6.07, 6.45) is 14.3. The highest BCUT2D eigenvalue weighted by Crippen LogP contribution is 2.42. The first-order valence-corrected chi connectivity index (χ1v) is 12.9. The molecule has 0 radical (unpaired) electrons. The van der Waals surface area contributed by atoms with Gasteiger partial charge < -0.3 is 9.47 Å². The summed E-state index contributed by atoms with van der Waals surface area (Å²) >= 11 is 0. The molecule has 0 N–H and O–H groups in total. The third-order valence-electron chi connectivity index (χ3n) is 6.09. The van der Waals surface area contributed by atoms with Crippen LogP contribution in [0.5, 0.6) is 0 Å². The van der Waals surface area contributed by atoms with E-state index < -0.39 is 10.1 Å².